The SMILES string of the molecule is O=c1[nH]cc(Nc2cccc(OC(F)(F)F)c2)c2c1CCCC2. The standard InChI is InChI=1S/C16H15F3N2O2/c17-16(18,19)23-11-5-3-4-10(8-11)21-14-9-20-15(22)13-7-2-1-6-12(13)14/h3-5,8-9,21H,1-2,6-7H2,(H,20,22). The van der Waals surface area contributed by atoms with Crippen molar-refractivity contribution in [3.05, 3.63) is 51.9 Å². The topological polar surface area (TPSA) is 54.1 Å². The Morgan fingerprint density at radius 1 is 1.13 bits per heavy atom. The maximum absolute atomic E-state index is 12.3. The summed E-state index contributed by atoms with van der Waals surface area (Å²) in [5.74, 6) is -0.291. The van der Waals surface area contributed by atoms with Crippen LogP contribution in [0.3, 0.4) is 0 Å². The zero-order valence-corrected chi connectivity index (χ0v) is 12.2. The average Bonchev–Trinajstić information content (AvgIpc) is 2.49. The lowest BCUT2D eigenvalue weighted by molar-refractivity contribution is -0.274. The number of aromatic nitrogens is 1. The number of nitrogens with one attached hydrogen (secondary N) is 2. The molecule has 0 fully saturated rings. The zero-order chi connectivity index (χ0) is 16.4. The molecule has 1 aromatic heterocycles. The third kappa shape index (κ3) is 3.67. The number of hydrogen-bond acceptors (Lipinski definition) is 3. The van der Waals surface area contributed by atoms with Gasteiger partial charge in [-0.1, -0.05) is 6.07 Å². The molecule has 1 aliphatic carbocycles. The summed E-state index contributed by atoms with van der Waals surface area (Å²) in [5, 5.41) is 3.07. The Labute approximate surface area is 130 Å². The van der Waals surface area contributed by atoms with E-state index in [1.165, 1.54) is 18.2 Å². The quantitative estimate of drug-likeness (QED) is 0.900. The van der Waals surface area contributed by atoms with Crippen LogP contribution in [0.5, 0.6) is 5.75 Å². The van der Waals surface area contributed by atoms with Gasteiger partial charge < -0.3 is 15.0 Å². The highest BCUT2D eigenvalue weighted by Crippen LogP contribution is 2.30. The molecule has 0 saturated heterocycles. The molecule has 2 N–H and O–H groups in total. The molecule has 0 amide bonds. The molecule has 3 rings (SSSR count). The second kappa shape index (κ2) is 5.98. The van der Waals surface area contributed by atoms with E-state index in [2.05, 4.69) is 15.0 Å². The smallest absolute Gasteiger partial charge is 0.406 e. The normalized spacial score (nSPS) is 14.2. The van der Waals surface area contributed by atoms with Gasteiger partial charge in [0, 0.05) is 23.5 Å². The van der Waals surface area contributed by atoms with Crippen LogP contribution in [0.15, 0.2) is 35.3 Å². The van der Waals surface area contributed by atoms with Crippen LogP contribution in [0.4, 0.5) is 24.5 Å². The molecule has 0 atom stereocenters. The minimum absolute atomic E-state index is 0.0978. The predicted molar refractivity (Wildman–Crippen MR) is 80.1 cm³/mol. The number of H-pyrrole nitrogens is 1. The summed E-state index contributed by atoms with van der Waals surface area (Å²) in [6, 6.07) is 5.62. The van der Waals surface area contributed by atoms with Crippen LogP contribution in [0, 0.1) is 0 Å². The minimum atomic E-state index is -4.73. The first-order valence-electron chi connectivity index (χ1n) is 7.29. The van der Waals surface area contributed by atoms with Crippen molar-refractivity contribution in [2.45, 2.75) is 32.0 Å². The molecule has 1 aromatic carbocycles. The fourth-order valence-electron chi connectivity index (χ4n) is 2.80. The van der Waals surface area contributed by atoms with Gasteiger partial charge in [0.2, 0.25) is 0 Å². The molecule has 0 radical (unpaired) electrons. The minimum Gasteiger partial charge on any atom is -0.406 e. The Bertz CT molecular complexity index is 769. The zero-order valence-electron chi connectivity index (χ0n) is 12.2. The van der Waals surface area contributed by atoms with Crippen molar-refractivity contribution in [3.8, 4) is 5.75 Å². The van der Waals surface area contributed by atoms with Gasteiger partial charge >= 0.3 is 6.36 Å². The van der Waals surface area contributed by atoms with E-state index < -0.39 is 6.36 Å². The summed E-state index contributed by atoms with van der Waals surface area (Å²) in [4.78, 5) is 14.5. The van der Waals surface area contributed by atoms with Gasteiger partial charge in [0.25, 0.3) is 5.56 Å². The second-order valence-electron chi connectivity index (χ2n) is 5.40. The van der Waals surface area contributed by atoms with Gasteiger partial charge in [0.1, 0.15) is 5.75 Å². The third-order valence-electron chi connectivity index (χ3n) is 3.76. The van der Waals surface area contributed by atoms with Crippen LogP contribution in [-0.2, 0) is 12.8 Å². The largest absolute Gasteiger partial charge is 0.573 e. The first kappa shape index (κ1) is 15.5. The van der Waals surface area contributed by atoms with Crippen LogP contribution in [0.1, 0.15) is 24.0 Å². The summed E-state index contributed by atoms with van der Waals surface area (Å²) in [6.07, 6.45) is 0.286. The molecule has 23 heavy (non-hydrogen) atoms. The predicted octanol–water partition coefficient (Wildman–Crippen LogP) is 3.90. The number of fused-ring (bicyclic) bond motifs is 1. The van der Waals surface area contributed by atoms with Crippen LogP contribution >= 0.6 is 0 Å². The van der Waals surface area contributed by atoms with Gasteiger partial charge in [0.05, 0.1) is 5.69 Å². The van der Waals surface area contributed by atoms with Gasteiger partial charge in [0.15, 0.2) is 0 Å². The molecule has 1 heterocycles. The molecule has 0 spiro atoms. The molecule has 4 nitrogen and oxygen atoms in total. The summed E-state index contributed by atoms with van der Waals surface area (Å²) >= 11 is 0. The highest BCUT2D eigenvalue weighted by molar-refractivity contribution is 5.65. The number of alkyl halides is 3. The number of anilines is 2. The van der Waals surface area contributed by atoms with Gasteiger partial charge in [-0.2, -0.15) is 0 Å². The maximum atomic E-state index is 12.3. The number of benzene rings is 1. The molecular formula is C16H15F3N2O2. The van der Waals surface area contributed by atoms with Crippen molar-refractivity contribution in [1.29, 1.82) is 0 Å². The maximum Gasteiger partial charge on any atom is 0.573 e. The van der Waals surface area contributed by atoms with Crippen molar-refractivity contribution in [1.82, 2.24) is 4.98 Å². The monoisotopic (exact) mass is 324 g/mol. The number of pyridine rings is 1. The Morgan fingerprint density at radius 3 is 2.61 bits per heavy atom. The summed E-state index contributed by atoms with van der Waals surface area (Å²) in [5.41, 5.74) is 2.76. The highest BCUT2D eigenvalue weighted by atomic mass is 19.4. The number of aromatic amines is 1. The Hall–Kier alpha value is -2.44. The average molecular weight is 324 g/mol. The lowest BCUT2D eigenvalue weighted by Gasteiger charge is -2.19. The van der Waals surface area contributed by atoms with E-state index in [4.69, 9.17) is 0 Å². The van der Waals surface area contributed by atoms with Gasteiger partial charge in [-0.15, -0.1) is 13.2 Å². The van der Waals surface area contributed by atoms with Crippen LogP contribution < -0.4 is 15.6 Å². The Kier molecular flexibility index (Phi) is 4.02. The van der Waals surface area contributed by atoms with Crippen molar-refractivity contribution in [3.63, 3.8) is 0 Å². The molecular weight excluding hydrogens is 309 g/mol. The van der Waals surface area contributed by atoms with Crippen molar-refractivity contribution < 1.29 is 17.9 Å². The Morgan fingerprint density at radius 2 is 1.87 bits per heavy atom. The summed E-state index contributed by atoms with van der Waals surface area (Å²) in [6.45, 7) is 0. The summed E-state index contributed by atoms with van der Waals surface area (Å²) < 4.78 is 40.8. The first-order chi connectivity index (χ1) is 10.9. The third-order valence-corrected chi connectivity index (χ3v) is 3.76. The molecule has 122 valence electrons. The van der Waals surface area contributed by atoms with E-state index in [-0.39, 0.29) is 11.3 Å². The van der Waals surface area contributed by atoms with Crippen LogP contribution in [0.25, 0.3) is 0 Å². The van der Waals surface area contributed by atoms with Crippen molar-refractivity contribution in [2.24, 2.45) is 0 Å². The van der Waals surface area contributed by atoms with E-state index in [0.29, 0.717) is 11.4 Å². The van der Waals surface area contributed by atoms with E-state index in [9.17, 15) is 18.0 Å². The number of ether oxygens (including phenoxy) is 1. The number of halogens is 3. The van der Waals surface area contributed by atoms with Gasteiger partial charge in [-0.25, -0.2) is 0 Å². The number of hydrogen-bond donors (Lipinski definition) is 2. The molecule has 0 saturated carbocycles. The van der Waals surface area contributed by atoms with Crippen LogP contribution in [0.2, 0.25) is 0 Å². The molecule has 1 aliphatic rings. The lowest BCUT2D eigenvalue weighted by atomic mass is 9.92. The van der Waals surface area contributed by atoms with Gasteiger partial charge in [-0.3, -0.25) is 4.79 Å². The fourth-order valence-corrected chi connectivity index (χ4v) is 2.80. The molecule has 7 heteroatoms. The molecule has 0 bridgehead atoms. The van der Waals surface area contributed by atoms with Crippen LogP contribution in [-0.4, -0.2) is 11.3 Å². The highest BCUT2D eigenvalue weighted by Gasteiger charge is 2.31. The van der Waals surface area contributed by atoms with E-state index in [0.717, 1.165) is 36.8 Å². The second-order valence-corrected chi connectivity index (χ2v) is 5.40. The molecule has 2 aromatic rings. The molecule has 0 aliphatic heterocycles. The summed E-state index contributed by atoms with van der Waals surface area (Å²) in [7, 11) is 0. The lowest BCUT2D eigenvalue weighted by Crippen LogP contribution is -2.20. The Balaban J connectivity index is 1.88. The van der Waals surface area contributed by atoms with E-state index >= 15 is 0 Å². The first-order valence-corrected chi connectivity index (χ1v) is 7.29. The van der Waals surface area contributed by atoms with Gasteiger partial charge in [-0.05, 0) is 43.4 Å². The van der Waals surface area contributed by atoms with Crippen molar-refractivity contribution in [2.75, 3.05) is 5.32 Å². The van der Waals surface area contributed by atoms with E-state index in [1.54, 1.807) is 12.3 Å². The van der Waals surface area contributed by atoms with Crippen molar-refractivity contribution >= 4 is 11.4 Å². The number of rotatable bonds is 3. The van der Waals surface area contributed by atoms with E-state index in [1.807, 2.05) is 0 Å². The molecule has 0 unspecified atom stereocenters. The fraction of sp³-hybridized carbons (Fsp3) is 0.312.